The highest BCUT2D eigenvalue weighted by molar-refractivity contribution is 7.92. The van der Waals surface area contributed by atoms with E-state index >= 15 is 0 Å². The standard InChI is InChI=1S/C17H19NO5S/c1-13(17(19)22-2)18(24(3,20)21)14-9-11-16(12-10-14)23-15-7-5-4-6-8-15/h4-13H,1-3H3/t13-/m1/s1. The molecule has 0 aromatic heterocycles. The maximum absolute atomic E-state index is 12.1. The Hall–Kier alpha value is -2.54. The van der Waals surface area contributed by atoms with Crippen LogP contribution in [-0.4, -0.2) is 33.8 Å². The van der Waals surface area contributed by atoms with Crippen LogP contribution in [0, 0.1) is 0 Å². The van der Waals surface area contributed by atoms with Crippen molar-refractivity contribution in [2.24, 2.45) is 0 Å². The molecule has 0 unspecified atom stereocenters. The van der Waals surface area contributed by atoms with Gasteiger partial charge in [-0.25, -0.2) is 13.2 Å². The van der Waals surface area contributed by atoms with E-state index in [9.17, 15) is 13.2 Å². The number of hydrogen-bond donors (Lipinski definition) is 0. The van der Waals surface area contributed by atoms with Gasteiger partial charge in [0.1, 0.15) is 17.5 Å². The van der Waals surface area contributed by atoms with E-state index in [0.717, 1.165) is 10.6 Å². The monoisotopic (exact) mass is 349 g/mol. The number of nitrogens with zero attached hydrogens (tertiary/aromatic N) is 1. The van der Waals surface area contributed by atoms with Crippen LogP contribution in [0.2, 0.25) is 0 Å². The van der Waals surface area contributed by atoms with Gasteiger partial charge in [-0.15, -0.1) is 0 Å². The largest absolute Gasteiger partial charge is 0.467 e. The van der Waals surface area contributed by atoms with E-state index in [2.05, 4.69) is 4.74 Å². The van der Waals surface area contributed by atoms with Crippen molar-refractivity contribution in [2.45, 2.75) is 13.0 Å². The Labute approximate surface area is 141 Å². The van der Waals surface area contributed by atoms with Gasteiger partial charge in [0.25, 0.3) is 0 Å². The molecule has 0 heterocycles. The highest BCUT2D eigenvalue weighted by Gasteiger charge is 2.29. The number of hydrogen-bond acceptors (Lipinski definition) is 5. The molecule has 0 bridgehead atoms. The van der Waals surface area contributed by atoms with Crippen LogP contribution in [0.5, 0.6) is 11.5 Å². The van der Waals surface area contributed by atoms with Gasteiger partial charge in [-0.3, -0.25) is 4.31 Å². The third-order valence-corrected chi connectivity index (χ3v) is 4.56. The highest BCUT2D eigenvalue weighted by atomic mass is 32.2. The number of benzene rings is 2. The minimum Gasteiger partial charge on any atom is -0.467 e. The second kappa shape index (κ2) is 7.35. The molecule has 0 aliphatic carbocycles. The summed E-state index contributed by atoms with van der Waals surface area (Å²) in [7, 11) is -2.43. The van der Waals surface area contributed by atoms with Crippen molar-refractivity contribution >= 4 is 21.7 Å². The Morgan fingerprint density at radius 1 is 1.00 bits per heavy atom. The van der Waals surface area contributed by atoms with E-state index in [1.807, 2.05) is 30.3 Å². The maximum atomic E-state index is 12.1. The first-order chi connectivity index (χ1) is 11.3. The Bertz CT molecular complexity index is 787. The molecule has 2 aromatic carbocycles. The topological polar surface area (TPSA) is 72.9 Å². The zero-order valence-corrected chi connectivity index (χ0v) is 14.5. The van der Waals surface area contributed by atoms with Crippen molar-refractivity contribution in [3.63, 3.8) is 0 Å². The SMILES string of the molecule is COC(=O)[C@@H](C)N(c1ccc(Oc2ccccc2)cc1)S(C)(=O)=O. The fourth-order valence-electron chi connectivity index (χ4n) is 2.25. The Balaban J connectivity index is 2.27. The van der Waals surface area contributed by atoms with Crippen molar-refractivity contribution in [2.75, 3.05) is 17.7 Å². The molecular weight excluding hydrogens is 330 g/mol. The molecule has 0 aliphatic heterocycles. The number of ether oxygens (including phenoxy) is 2. The molecule has 0 fully saturated rings. The van der Waals surface area contributed by atoms with E-state index in [1.54, 1.807) is 24.3 Å². The van der Waals surface area contributed by atoms with E-state index < -0.39 is 22.0 Å². The van der Waals surface area contributed by atoms with Gasteiger partial charge in [-0.2, -0.15) is 0 Å². The quantitative estimate of drug-likeness (QED) is 0.750. The summed E-state index contributed by atoms with van der Waals surface area (Å²) in [5.74, 6) is 0.599. The molecule has 0 amide bonds. The van der Waals surface area contributed by atoms with Crippen molar-refractivity contribution in [1.29, 1.82) is 0 Å². The fraction of sp³-hybridized carbons (Fsp3) is 0.235. The predicted molar refractivity (Wildman–Crippen MR) is 91.8 cm³/mol. The normalized spacial score (nSPS) is 12.3. The van der Waals surface area contributed by atoms with E-state index in [1.165, 1.54) is 14.0 Å². The fourth-order valence-corrected chi connectivity index (χ4v) is 3.42. The summed E-state index contributed by atoms with van der Waals surface area (Å²) in [6.07, 6.45) is 1.04. The molecule has 0 spiro atoms. The maximum Gasteiger partial charge on any atom is 0.329 e. The van der Waals surface area contributed by atoms with Gasteiger partial charge in [0.05, 0.1) is 19.1 Å². The van der Waals surface area contributed by atoms with Gasteiger partial charge in [0.2, 0.25) is 10.0 Å². The highest BCUT2D eigenvalue weighted by Crippen LogP contribution is 2.27. The van der Waals surface area contributed by atoms with Crippen LogP contribution in [0.1, 0.15) is 6.92 Å². The second-order valence-corrected chi connectivity index (χ2v) is 7.03. The van der Waals surface area contributed by atoms with Crippen LogP contribution in [0.15, 0.2) is 54.6 Å². The summed E-state index contributed by atoms with van der Waals surface area (Å²) < 4.78 is 35.4. The van der Waals surface area contributed by atoms with Crippen LogP contribution < -0.4 is 9.04 Å². The molecule has 0 N–H and O–H groups in total. The molecule has 0 radical (unpaired) electrons. The van der Waals surface area contributed by atoms with Crippen molar-refractivity contribution in [3.8, 4) is 11.5 Å². The number of carbonyl (C=O) groups excluding carboxylic acids is 1. The summed E-state index contributed by atoms with van der Waals surface area (Å²) in [5, 5.41) is 0. The Morgan fingerprint density at radius 3 is 2.04 bits per heavy atom. The predicted octanol–water partition coefficient (Wildman–Crippen LogP) is 2.81. The number of rotatable bonds is 6. The molecule has 6 nitrogen and oxygen atoms in total. The third kappa shape index (κ3) is 4.26. The van der Waals surface area contributed by atoms with Crippen molar-refractivity contribution in [3.05, 3.63) is 54.6 Å². The molecule has 0 saturated heterocycles. The third-order valence-electron chi connectivity index (χ3n) is 3.32. The lowest BCUT2D eigenvalue weighted by Gasteiger charge is -2.27. The number of anilines is 1. The van der Waals surface area contributed by atoms with Gasteiger partial charge in [-0.05, 0) is 43.3 Å². The van der Waals surface area contributed by atoms with Crippen LogP contribution in [0.25, 0.3) is 0 Å². The molecule has 1 atom stereocenters. The number of methoxy groups -OCH3 is 1. The van der Waals surface area contributed by atoms with Gasteiger partial charge in [-0.1, -0.05) is 18.2 Å². The van der Waals surface area contributed by atoms with Gasteiger partial charge in [0, 0.05) is 0 Å². The van der Waals surface area contributed by atoms with E-state index in [0.29, 0.717) is 17.2 Å². The van der Waals surface area contributed by atoms with E-state index in [-0.39, 0.29) is 0 Å². The molecule has 2 rings (SSSR count). The summed E-state index contributed by atoms with van der Waals surface area (Å²) in [6, 6.07) is 14.7. The zero-order chi connectivity index (χ0) is 17.7. The Kier molecular flexibility index (Phi) is 5.46. The minimum absolute atomic E-state index is 0.357. The second-order valence-electron chi connectivity index (χ2n) is 5.17. The first kappa shape index (κ1) is 17.8. The summed E-state index contributed by atoms with van der Waals surface area (Å²) in [6.45, 7) is 1.47. The molecule has 0 aliphatic rings. The average molecular weight is 349 g/mol. The molecule has 24 heavy (non-hydrogen) atoms. The lowest BCUT2D eigenvalue weighted by molar-refractivity contribution is -0.141. The molecule has 2 aromatic rings. The molecule has 0 saturated carbocycles. The van der Waals surface area contributed by atoms with E-state index in [4.69, 9.17) is 4.74 Å². The van der Waals surface area contributed by atoms with Crippen LogP contribution >= 0.6 is 0 Å². The van der Waals surface area contributed by atoms with Gasteiger partial charge in [0.15, 0.2) is 0 Å². The van der Waals surface area contributed by atoms with Crippen LogP contribution in [0.4, 0.5) is 5.69 Å². The smallest absolute Gasteiger partial charge is 0.329 e. The molecule has 7 heteroatoms. The van der Waals surface area contributed by atoms with Gasteiger partial charge < -0.3 is 9.47 Å². The first-order valence-electron chi connectivity index (χ1n) is 7.23. The van der Waals surface area contributed by atoms with Gasteiger partial charge >= 0.3 is 5.97 Å². The summed E-state index contributed by atoms with van der Waals surface area (Å²) in [5.41, 5.74) is 0.357. The summed E-state index contributed by atoms with van der Waals surface area (Å²) in [4.78, 5) is 11.7. The zero-order valence-electron chi connectivity index (χ0n) is 13.7. The average Bonchev–Trinajstić information content (AvgIpc) is 2.55. The van der Waals surface area contributed by atoms with Crippen LogP contribution in [0.3, 0.4) is 0 Å². The number of para-hydroxylation sites is 1. The van der Waals surface area contributed by atoms with Crippen molar-refractivity contribution in [1.82, 2.24) is 0 Å². The lowest BCUT2D eigenvalue weighted by Crippen LogP contribution is -2.43. The summed E-state index contributed by atoms with van der Waals surface area (Å²) >= 11 is 0. The lowest BCUT2D eigenvalue weighted by atomic mass is 10.2. The molecule has 128 valence electrons. The van der Waals surface area contributed by atoms with Crippen molar-refractivity contribution < 1.29 is 22.7 Å². The first-order valence-corrected chi connectivity index (χ1v) is 9.08. The minimum atomic E-state index is -3.65. The van der Waals surface area contributed by atoms with Crippen LogP contribution in [-0.2, 0) is 19.6 Å². The number of esters is 1. The molecular formula is C17H19NO5S. The number of sulfonamides is 1. The number of carbonyl (C=O) groups is 1. The Morgan fingerprint density at radius 2 is 1.54 bits per heavy atom.